The minimum atomic E-state index is 0.225. The van der Waals surface area contributed by atoms with Crippen LogP contribution in [0.1, 0.15) is 31.4 Å². The van der Waals surface area contributed by atoms with Crippen LogP contribution in [0.2, 0.25) is 0 Å². The highest BCUT2D eigenvalue weighted by atomic mass is 16.5. The van der Waals surface area contributed by atoms with Gasteiger partial charge in [0.2, 0.25) is 0 Å². The molecule has 3 heteroatoms. The lowest BCUT2D eigenvalue weighted by molar-refractivity contribution is 0.132. The fraction of sp³-hybridized carbons (Fsp3) is 0.571. The number of benzene rings is 1. The molecule has 2 N–H and O–H groups in total. The lowest BCUT2D eigenvalue weighted by Crippen LogP contribution is -2.21. The lowest BCUT2D eigenvalue weighted by Gasteiger charge is -2.13. The molecule has 0 fully saturated rings. The van der Waals surface area contributed by atoms with Crippen molar-refractivity contribution in [3.05, 3.63) is 29.3 Å². The third-order valence-electron chi connectivity index (χ3n) is 2.83. The van der Waals surface area contributed by atoms with Crippen LogP contribution in [-0.4, -0.2) is 19.8 Å². The van der Waals surface area contributed by atoms with Gasteiger partial charge in [-0.2, -0.15) is 0 Å². The molecule has 0 spiro atoms. The molecule has 96 valence electrons. The van der Waals surface area contributed by atoms with Crippen molar-refractivity contribution in [1.29, 1.82) is 0 Å². The standard InChI is InChI=1S/C14H23NO2/c1-4-13(15)9-11-6-7-14(16-3)12(8-11)10-17-5-2/h6-8,13H,4-5,9-10,15H2,1-3H3. The minimum Gasteiger partial charge on any atom is -0.496 e. The van der Waals surface area contributed by atoms with Crippen LogP contribution in [-0.2, 0) is 17.8 Å². The summed E-state index contributed by atoms with van der Waals surface area (Å²) < 4.78 is 10.8. The first-order valence-electron chi connectivity index (χ1n) is 6.20. The van der Waals surface area contributed by atoms with Crippen LogP contribution in [0.3, 0.4) is 0 Å². The van der Waals surface area contributed by atoms with Gasteiger partial charge in [0, 0.05) is 18.2 Å². The van der Waals surface area contributed by atoms with Gasteiger partial charge in [0.05, 0.1) is 13.7 Å². The Balaban J connectivity index is 2.80. The van der Waals surface area contributed by atoms with E-state index in [4.69, 9.17) is 15.2 Å². The number of rotatable bonds is 7. The molecule has 1 aromatic carbocycles. The van der Waals surface area contributed by atoms with Gasteiger partial charge in [-0.05, 0) is 37.5 Å². The van der Waals surface area contributed by atoms with E-state index in [-0.39, 0.29) is 6.04 Å². The molecular weight excluding hydrogens is 214 g/mol. The molecule has 3 nitrogen and oxygen atoms in total. The van der Waals surface area contributed by atoms with Crippen molar-refractivity contribution in [1.82, 2.24) is 0 Å². The Bertz CT molecular complexity index is 339. The highest BCUT2D eigenvalue weighted by molar-refractivity contribution is 5.37. The monoisotopic (exact) mass is 237 g/mol. The Kier molecular flexibility index (Phi) is 6.01. The molecule has 0 aliphatic heterocycles. The SMILES string of the molecule is CCOCc1cc(CC(N)CC)ccc1OC. The van der Waals surface area contributed by atoms with Crippen LogP contribution < -0.4 is 10.5 Å². The molecule has 1 rings (SSSR count). The first-order chi connectivity index (χ1) is 8.21. The molecule has 0 bridgehead atoms. The van der Waals surface area contributed by atoms with Crippen LogP contribution in [0.5, 0.6) is 5.75 Å². The van der Waals surface area contributed by atoms with Gasteiger partial charge in [0.1, 0.15) is 5.75 Å². The first kappa shape index (κ1) is 14.0. The van der Waals surface area contributed by atoms with Crippen LogP contribution >= 0.6 is 0 Å². The molecular formula is C14H23NO2. The molecule has 0 heterocycles. The second-order valence-corrected chi connectivity index (χ2v) is 4.16. The topological polar surface area (TPSA) is 44.5 Å². The maximum Gasteiger partial charge on any atom is 0.124 e. The normalized spacial score (nSPS) is 12.5. The summed E-state index contributed by atoms with van der Waals surface area (Å²) in [6.45, 7) is 5.40. The first-order valence-corrected chi connectivity index (χ1v) is 6.20. The summed E-state index contributed by atoms with van der Waals surface area (Å²) in [4.78, 5) is 0. The third-order valence-corrected chi connectivity index (χ3v) is 2.83. The van der Waals surface area contributed by atoms with E-state index in [2.05, 4.69) is 19.1 Å². The van der Waals surface area contributed by atoms with Crippen molar-refractivity contribution in [2.45, 2.75) is 39.3 Å². The zero-order valence-electron chi connectivity index (χ0n) is 11.0. The van der Waals surface area contributed by atoms with E-state index in [0.29, 0.717) is 13.2 Å². The predicted octanol–water partition coefficient (Wildman–Crippen LogP) is 2.51. The van der Waals surface area contributed by atoms with Gasteiger partial charge in [0.15, 0.2) is 0 Å². The van der Waals surface area contributed by atoms with E-state index in [9.17, 15) is 0 Å². The van der Waals surface area contributed by atoms with Crippen molar-refractivity contribution >= 4 is 0 Å². The van der Waals surface area contributed by atoms with Gasteiger partial charge in [-0.25, -0.2) is 0 Å². The molecule has 0 saturated carbocycles. The fourth-order valence-corrected chi connectivity index (χ4v) is 1.73. The quantitative estimate of drug-likeness (QED) is 0.792. The zero-order valence-corrected chi connectivity index (χ0v) is 11.0. The minimum absolute atomic E-state index is 0.225. The lowest BCUT2D eigenvalue weighted by atomic mass is 10.0. The van der Waals surface area contributed by atoms with Crippen molar-refractivity contribution < 1.29 is 9.47 Å². The van der Waals surface area contributed by atoms with E-state index in [1.54, 1.807) is 7.11 Å². The summed E-state index contributed by atoms with van der Waals surface area (Å²) in [5.74, 6) is 0.882. The molecule has 0 aliphatic carbocycles. The van der Waals surface area contributed by atoms with Crippen LogP contribution in [0.4, 0.5) is 0 Å². The average molecular weight is 237 g/mol. The summed E-state index contributed by atoms with van der Waals surface area (Å²) >= 11 is 0. The van der Waals surface area contributed by atoms with Crippen LogP contribution in [0, 0.1) is 0 Å². The van der Waals surface area contributed by atoms with Crippen molar-refractivity contribution in [2.75, 3.05) is 13.7 Å². The molecule has 0 aliphatic rings. The average Bonchev–Trinajstić information content (AvgIpc) is 2.36. The highest BCUT2D eigenvalue weighted by Crippen LogP contribution is 2.21. The fourth-order valence-electron chi connectivity index (χ4n) is 1.73. The van der Waals surface area contributed by atoms with Crippen LogP contribution in [0.15, 0.2) is 18.2 Å². The van der Waals surface area contributed by atoms with Crippen molar-refractivity contribution in [3.8, 4) is 5.75 Å². The molecule has 1 aromatic rings. The van der Waals surface area contributed by atoms with Gasteiger partial charge in [-0.1, -0.05) is 13.0 Å². The van der Waals surface area contributed by atoms with E-state index >= 15 is 0 Å². The Morgan fingerprint density at radius 1 is 1.29 bits per heavy atom. The third kappa shape index (κ3) is 4.36. The maximum absolute atomic E-state index is 5.96. The summed E-state index contributed by atoms with van der Waals surface area (Å²) in [7, 11) is 1.68. The van der Waals surface area contributed by atoms with E-state index in [1.807, 2.05) is 13.0 Å². The predicted molar refractivity (Wildman–Crippen MR) is 70.3 cm³/mol. The second-order valence-electron chi connectivity index (χ2n) is 4.16. The molecule has 0 saturated heterocycles. The summed E-state index contributed by atoms with van der Waals surface area (Å²) in [6, 6.07) is 6.42. The number of methoxy groups -OCH3 is 1. The molecule has 1 unspecified atom stereocenters. The molecule has 17 heavy (non-hydrogen) atoms. The highest BCUT2D eigenvalue weighted by Gasteiger charge is 2.07. The van der Waals surface area contributed by atoms with Crippen LogP contribution in [0.25, 0.3) is 0 Å². The van der Waals surface area contributed by atoms with Gasteiger partial charge >= 0.3 is 0 Å². The number of hydrogen-bond donors (Lipinski definition) is 1. The molecule has 1 atom stereocenters. The van der Waals surface area contributed by atoms with E-state index in [1.165, 1.54) is 5.56 Å². The number of ether oxygens (including phenoxy) is 2. The van der Waals surface area contributed by atoms with E-state index in [0.717, 1.165) is 24.2 Å². The Hall–Kier alpha value is -1.06. The second kappa shape index (κ2) is 7.30. The zero-order chi connectivity index (χ0) is 12.7. The molecule has 0 radical (unpaired) electrons. The summed E-state index contributed by atoms with van der Waals surface area (Å²) in [5, 5.41) is 0. The summed E-state index contributed by atoms with van der Waals surface area (Å²) in [5.41, 5.74) is 8.30. The van der Waals surface area contributed by atoms with Crippen molar-refractivity contribution in [3.63, 3.8) is 0 Å². The Morgan fingerprint density at radius 2 is 2.06 bits per heavy atom. The maximum atomic E-state index is 5.96. The van der Waals surface area contributed by atoms with Gasteiger partial charge < -0.3 is 15.2 Å². The number of hydrogen-bond acceptors (Lipinski definition) is 3. The van der Waals surface area contributed by atoms with Crippen molar-refractivity contribution in [2.24, 2.45) is 5.73 Å². The smallest absolute Gasteiger partial charge is 0.124 e. The molecule has 0 aromatic heterocycles. The Labute approximate surface area is 104 Å². The van der Waals surface area contributed by atoms with E-state index < -0.39 is 0 Å². The van der Waals surface area contributed by atoms with Gasteiger partial charge in [0.25, 0.3) is 0 Å². The molecule has 0 amide bonds. The van der Waals surface area contributed by atoms with Gasteiger partial charge in [-0.3, -0.25) is 0 Å². The number of nitrogens with two attached hydrogens (primary N) is 1. The van der Waals surface area contributed by atoms with Gasteiger partial charge in [-0.15, -0.1) is 0 Å². The summed E-state index contributed by atoms with van der Waals surface area (Å²) in [6.07, 6.45) is 1.90. The largest absolute Gasteiger partial charge is 0.496 e. The Morgan fingerprint density at radius 3 is 2.65 bits per heavy atom.